The number of rotatable bonds is 2. The molecule has 0 saturated heterocycles. The maximum atomic E-state index is 13.8. The predicted molar refractivity (Wildman–Crippen MR) is 76.2 cm³/mol. The number of esters is 1. The van der Waals surface area contributed by atoms with Crippen LogP contribution in [0.5, 0.6) is 5.75 Å². The SMILES string of the molecule is COc1ccc2c(c1)N[C@](c1ccccc1)(C(F)(F)F)OC2=O. The highest BCUT2D eigenvalue weighted by Gasteiger charge is 2.62. The van der Waals surface area contributed by atoms with Crippen LogP contribution in [0, 0.1) is 0 Å². The van der Waals surface area contributed by atoms with Gasteiger partial charge in [0.2, 0.25) is 0 Å². The normalized spacial score (nSPS) is 20.3. The highest BCUT2D eigenvalue weighted by atomic mass is 19.4. The van der Waals surface area contributed by atoms with Crippen LogP contribution < -0.4 is 10.1 Å². The number of anilines is 1. The van der Waals surface area contributed by atoms with E-state index in [0.29, 0.717) is 5.75 Å². The van der Waals surface area contributed by atoms with Gasteiger partial charge in [-0.2, -0.15) is 13.2 Å². The van der Waals surface area contributed by atoms with Crippen LogP contribution in [0.1, 0.15) is 15.9 Å². The van der Waals surface area contributed by atoms with Crippen molar-refractivity contribution in [2.45, 2.75) is 11.9 Å². The van der Waals surface area contributed by atoms with Crippen molar-refractivity contribution >= 4 is 11.7 Å². The van der Waals surface area contributed by atoms with Gasteiger partial charge in [0.25, 0.3) is 0 Å². The van der Waals surface area contributed by atoms with Gasteiger partial charge in [-0.3, -0.25) is 0 Å². The average molecular weight is 323 g/mol. The number of carbonyl (C=O) groups is 1. The molecule has 1 N–H and O–H groups in total. The Balaban J connectivity index is 2.18. The molecular formula is C16H12F3NO3. The van der Waals surface area contributed by atoms with Crippen LogP contribution in [-0.4, -0.2) is 19.3 Å². The lowest BCUT2D eigenvalue weighted by Crippen LogP contribution is -2.54. The maximum Gasteiger partial charge on any atom is 0.453 e. The Bertz CT molecular complexity index is 746. The van der Waals surface area contributed by atoms with E-state index in [0.717, 1.165) is 0 Å². The second kappa shape index (κ2) is 5.19. The molecule has 7 heteroatoms. The molecule has 23 heavy (non-hydrogen) atoms. The van der Waals surface area contributed by atoms with E-state index >= 15 is 0 Å². The Kier molecular flexibility index (Phi) is 3.43. The molecule has 120 valence electrons. The first kappa shape index (κ1) is 15.2. The Morgan fingerprint density at radius 1 is 1.13 bits per heavy atom. The third-order valence-corrected chi connectivity index (χ3v) is 3.58. The minimum atomic E-state index is -4.86. The van der Waals surface area contributed by atoms with E-state index in [2.05, 4.69) is 5.32 Å². The number of carbonyl (C=O) groups excluding carboxylic acids is 1. The molecule has 0 spiro atoms. The smallest absolute Gasteiger partial charge is 0.453 e. The minimum absolute atomic E-state index is 0.00165. The summed E-state index contributed by atoms with van der Waals surface area (Å²) in [7, 11) is 1.39. The van der Waals surface area contributed by atoms with Crippen LogP contribution in [0.2, 0.25) is 0 Å². The Hall–Kier alpha value is -2.70. The summed E-state index contributed by atoms with van der Waals surface area (Å²) in [5.74, 6) is -0.724. The summed E-state index contributed by atoms with van der Waals surface area (Å²) in [5.41, 5.74) is -3.14. The zero-order valence-electron chi connectivity index (χ0n) is 12.0. The fourth-order valence-electron chi connectivity index (χ4n) is 2.44. The number of benzene rings is 2. The summed E-state index contributed by atoms with van der Waals surface area (Å²) >= 11 is 0. The molecule has 0 unspecified atom stereocenters. The van der Waals surface area contributed by atoms with E-state index < -0.39 is 17.9 Å². The zero-order chi connectivity index (χ0) is 16.7. The van der Waals surface area contributed by atoms with Crippen LogP contribution in [-0.2, 0) is 10.5 Å². The second-order valence-electron chi connectivity index (χ2n) is 4.97. The summed E-state index contributed by atoms with van der Waals surface area (Å²) in [6.07, 6.45) is -4.86. The molecule has 4 nitrogen and oxygen atoms in total. The molecule has 2 aromatic carbocycles. The Morgan fingerprint density at radius 2 is 1.83 bits per heavy atom. The van der Waals surface area contributed by atoms with Crippen LogP contribution in [0.15, 0.2) is 48.5 Å². The van der Waals surface area contributed by atoms with Crippen LogP contribution in [0.25, 0.3) is 0 Å². The first-order valence-electron chi connectivity index (χ1n) is 6.69. The van der Waals surface area contributed by atoms with Gasteiger partial charge < -0.3 is 14.8 Å². The summed E-state index contributed by atoms with van der Waals surface area (Å²) in [4.78, 5) is 12.1. The van der Waals surface area contributed by atoms with Gasteiger partial charge in [-0.25, -0.2) is 4.79 Å². The lowest BCUT2D eigenvalue weighted by molar-refractivity contribution is -0.254. The number of hydrogen-bond acceptors (Lipinski definition) is 4. The fraction of sp³-hybridized carbons (Fsp3) is 0.188. The number of alkyl halides is 3. The number of methoxy groups -OCH3 is 1. The molecule has 2 aromatic rings. The molecule has 0 aromatic heterocycles. The quantitative estimate of drug-likeness (QED) is 0.856. The molecule has 1 aliphatic heterocycles. The number of hydrogen-bond donors (Lipinski definition) is 1. The van der Waals surface area contributed by atoms with E-state index in [9.17, 15) is 18.0 Å². The predicted octanol–water partition coefficient (Wildman–Crippen LogP) is 3.69. The van der Waals surface area contributed by atoms with Gasteiger partial charge in [-0.15, -0.1) is 0 Å². The topological polar surface area (TPSA) is 47.6 Å². The number of halogens is 3. The largest absolute Gasteiger partial charge is 0.497 e. The molecule has 1 heterocycles. The lowest BCUT2D eigenvalue weighted by atomic mass is 9.98. The van der Waals surface area contributed by atoms with Crippen molar-refractivity contribution in [3.8, 4) is 5.75 Å². The molecule has 1 aliphatic rings. The van der Waals surface area contributed by atoms with Crippen molar-refractivity contribution in [2.24, 2.45) is 0 Å². The van der Waals surface area contributed by atoms with Crippen molar-refractivity contribution in [1.29, 1.82) is 0 Å². The number of ether oxygens (including phenoxy) is 2. The van der Waals surface area contributed by atoms with E-state index in [1.165, 1.54) is 49.6 Å². The first-order valence-corrected chi connectivity index (χ1v) is 6.69. The monoisotopic (exact) mass is 323 g/mol. The molecule has 3 rings (SSSR count). The van der Waals surface area contributed by atoms with Crippen molar-refractivity contribution in [3.05, 3.63) is 59.7 Å². The molecule has 0 amide bonds. The number of fused-ring (bicyclic) bond motifs is 1. The van der Waals surface area contributed by atoms with Crippen LogP contribution in [0.4, 0.5) is 18.9 Å². The number of nitrogens with one attached hydrogen (secondary N) is 1. The van der Waals surface area contributed by atoms with Gasteiger partial charge >= 0.3 is 17.9 Å². The standard InChI is InChI=1S/C16H12F3NO3/c1-22-11-7-8-12-13(9-11)20-15(16(17,18)19,23-14(12)21)10-5-3-2-4-6-10/h2-9,20H,1H3/t15-/m0/s1. The summed E-state index contributed by atoms with van der Waals surface area (Å²) in [6, 6.07) is 11.1. The molecule has 0 saturated carbocycles. The third-order valence-electron chi connectivity index (χ3n) is 3.58. The summed E-state index contributed by atoms with van der Waals surface area (Å²) in [6.45, 7) is 0. The van der Waals surface area contributed by atoms with Gasteiger partial charge in [0.1, 0.15) is 5.75 Å². The maximum absolute atomic E-state index is 13.8. The van der Waals surface area contributed by atoms with Crippen LogP contribution in [0.3, 0.4) is 0 Å². The Morgan fingerprint density at radius 3 is 2.43 bits per heavy atom. The van der Waals surface area contributed by atoms with E-state index in [1.54, 1.807) is 6.07 Å². The van der Waals surface area contributed by atoms with E-state index in [4.69, 9.17) is 9.47 Å². The first-order chi connectivity index (χ1) is 10.9. The van der Waals surface area contributed by atoms with Gasteiger partial charge in [0, 0.05) is 11.6 Å². The van der Waals surface area contributed by atoms with Gasteiger partial charge in [0.05, 0.1) is 18.4 Å². The lowest BCUT2D eigenvalue weighted by Gasteiger charge is -2.40. The van der Waals surface area contributed by atoms with Gasteiger partial charge in [0.15, 0.2) is 0 Å². The van der Waals surface area contributed by atoms with Gasteiger partial charge in [-0.1, -0.05) is 30.3 Å². The molecule has 0 fully saturated rings. The molecular weight excluding hydrogens is 311 g/mol. The molecule has 0 bridgehead atoms. The highest BCUT2D eigenvalue weighted by molar-refractivity contribution is 5.98. The van der Waals surface area contributed by atoms with Crippen molar-refractivity contribution in [1.82, 2.24) is 0 Å². The van der Waals surface area contributed by atoms with Crippen molar-refractivity contribution < 1.29 is 27.4 Å². The second-order valence-corrected chi connectivity index (χ2v) is 4.97. The third kappa shape index (κ3) is 2.38. The highest BCUT2D eigenvalue weighted by Crippen LogP contribution is 2.46. The molecule has 0 aliphatic carbocycles. The summed E-state index contributed by atoms with van der Waals surface area (Å²) < 4.78 is 51.1. The number of cyclic esters (lactones) is 1. The van der Waals surface area contributed by atoms with Crippen LogP contribution >= 0.6 is 0 Å². The van der Waals surface area contributed by atoms with Gasteiger partial charge in [-0.05, 0) is 12.1 Å². The Labute approximate surface area is 129 Å². The fourth-order valence-corrected chi connectivity index (χ4v) is 2.44. The van der Waals surface area contributed by atoms with E-state index in [1.807, 2.05) is 0 Å². The zero-order valence-corrected chi connectivity index (χ0v) is 12.0. The average Bonchev–Trinajstić information content (AvgIpc) is 2.53. The summed E-state index contributed by atoms with van der Waals surface area (Å²) in [5, 5.41) is 2.32. The minimum Gasteiger partial charge on any atom is -0.497 e. The molecule has 0 radical (unpaired) electrons. The van der Waals surface area contributed by atoms with E-state index in [-0.39, 0.29) is 16.8 Å². The van der Waals surface area contributed by atoms with Crippen molar-refractivity contribution in [2.75, 3.05) is 12.4 Å². The van der Waals surface area contributed by atoms with Crippen molar-refractivity contribution in [3.63, 3.8) is 0 Å². The molecule has 1 atom stereocenters.